The zero-order valence-electron chi connectivity index (χ0n) is 16.7. The summed E-state index contributed by atoms with van der Waals surface area (Å²) in [5.41, 5.74) is -0.178. The van der Waals surface area contributed by atoms with Gasteiger partial charge in [0.1, 0.15) is 12.3 Å². The summed E-state index contributed by atoms with van der Waals surface area (Å²) >= 11 is 0. The van der Waals surface area contributed by atoms with E-state index in [2.05, 4.69) is 5.32 Å². The Hall–Kier alpha value is -3.39. The van der Waals surface area contributed by atoms with Crippen LogP contribution in [0.4, 0.5) is 0 Å². The van der Waals surface area contributed by atoms with Crippen LogP contribution in [0.3, 0.4) is 0 Å². The number of hydrogen-bond acceptors (Lipinski definition) is 5. The molecule has 0 radical (unpaired) electrons. The Bertz CT molecular complexity index is 1170. The first-order chi connectivity index (χ1) is 14.6. The van der Waals surface area contributed by atoms with Crippen LogP contribution in [0.2, 0.25) is 0 Å². The Morgan fingerprint density at radius 1 is 1.17 bits per heavy atom. The molecule has 1 aliphatic rings. The van der Waals surface area contributed by atoms with Gasteiger partial charge in [0.15, 0.2) is 0 Å². The monoisotopic (exact) mass is 409 g/mol. The zero-order valence-corrected chi connectivity index (χ0v) is 16.7. The Labute approximate surface area is 172 Å². The first kappa shape index (κ1) is 19.9. The summed E-state index contributed by atoms with van der Waals surface area (Å²) < 4.78 is 13.1. The number of rotatable bonds is 6. The largest absolute Gasteiger partial charge is 0.497 e. The molecule has 2 aromatic carbocycles. The smallest absolute Gasteiger partial charge is 0.336 e. The number of nitrogens with zero attached hydrogens (tertiary/aromatic N) is 2. The minimum Gasteiger partial charge on any atom is -0.497 e. The molecule has 0 spiro atoms. The quantitative estimate of drug-likeness (QED) is 0.666. The average Bonchev–Trinajstić information content (AvgIpc) is 3.29. The molecule has 156 valence electrons. The van der Waals surface area contributed by atoms with Crippen molar-refractivity contribution in [3.8, 4) is 11.4 Å². The second-order valence-corrected chi connectivity index (χ2v) is 7.16. The summed E-state index contributed by atoms with van der Waals surface area (Å²) in [4.78, 5) is 38.8. The molecule has 30 heavy (non-hydrogen) atoms. The Balaban J connectivity index is 1.73. The Kier molecular flexibility index (Phi) is 5.67. The molecule has 4 rings (SSSR count). The van der Waals surface area contributed by atoms with Gasteiger partial charge in [-0.15, -0.1) is 0 Å². The topological polar surface area (TPSA) is 91.6 Å². The van der Waals surface area contributed by atoms with Crippen LogP contribution in [0.1, 0.15) is 12.8 Å². The molecular formula is C22H23N3O5. The summed E-state index contributed by atoms with van der Waals surface area (Å²) in [5.74, 6) is 0.305. The van der Waals surface area contributed by atoms with Crippen LogP contribution < -0.4 is 21.3 Å². The van der Waals surface area contributed by atoms with Gasteiger partial charge in [0.05, 0.1) is 29.8 Å². The molecule has 3 aromatic rings. The van der Waals surface area contributed by atoms with E-state index >= 15 is 0 Å². The molecule has 0 aliphatic carbocycles. The first-order valence-corrected chi connectivity index (χ1v) is 9.86. The second-order valence-electron chi connectivity index (χ2n) is 7.16. The standard InChI is InChI=1S/C22H23N3O5/c1-29-16-10-8-15(9-11-16)25-21(27)18-6-2-3-7-19(18)24(22(25)28)14-20(26)23-13-17-5-4-12-30-17/h2-3,6-11,17H,4-5,12-14H2,1H3,(H,23,26)/t17-/m1/s1. The minimum atomic E-state index is -0.573. The number of ether oxygens (including phenoxy) is 2. The summed E-state index contributed by atoms with van der Waals surface area (Å²) in [5, 5.41) is 3.19. The van der Waals surface area contributed by atoms with Crippen molar-refractivity contribution in [2.24, 2.45) is 0 Å². The lowest BCUT2D eigenvalue weighted by Gasteiger charge is -2.15. The summed E-state index contributed by atoms with van der Waals surface area (Å²) in [6.07, 6.45) is 1.90. The zero-order chi connectivity index (χ0) is 21.1. The van der Waals surface area contributed by atoms with Crippen LogP contribution in [0.5, 0.6) is 5.75 Å². The van der Waals surface area contributed by atoms with Gasteiger partial charge < -0.3 is 14.8 Å². The van der Waals surface area contributed by atoms with Gasteiger partial charge in [-0.25, -0.2) is 9.36 Å². The van der Waals surface area contributed by atoms with Crippen molar-refractivity contribution >= 4 is 16.8 Å². The molecule has 1 amide bonds. The molecule has 0 unspecified atom stereocenters. The van der Waals surface area contributed by atoms with Gasteiger partial charge in [-0.1, -0.05) is 12.1 Å². The molecule has 0 saturated carbocycles. The number of amides is 1. The molecule has 8 nitrogen and oxygen atoms in total. The molecule has 1 saturated heterocycles. The van der Waals surface area contributed by atoms with E-state index in [1.165, 1.54) is 4.57 Å². The third-order valence-electron chi connectivity index (χ3n) is 5.23. The van der Waals surface area contributed by atoms with Gasteiger partial charge >= 0.3 is 5.69 Å². The number of carbonyl (C=O) groups is 1. The fraction of sp³-hybridized carbons (Fsp3) is 0.318. The third-order valence-corrected chi connectivity index (χ3v) is 5.23. The van der Waals surface area contributed by atoms with E-state index in [9.17, 15) is 14.4 Å². The van der Waals surface area contributed by atoms with Crippen LogP contribution in [0, 0.1) is 0 Å². The van der Waals surface area contributed by atoms with Crippen molar-refractivity contribution in [3.05, 3.63) is 69.4 Å². The van der Waals surface area contributed by atoms with Crippen molar-refractivity contribution < 1.29 is 14.3 Å². The lowest BCUT2D eigenvalue weighted by atomic mass is 10.2. The predicted molar refractivity (Wildman–Crippen MR) is 112 cm³/mol. The number of carbonyl (C=O) groups excluding carboxylic acids is 1. The highest BCUT2D eigenvalue weighted by Gasteiger charge is 2.19. The highest BCUT2D eigenvalue weighted by atomic mass is 16.5. The van der Waals surface area contributed by atoms with Gasteiger partial charge in [0, 0.05) is 13.2 Å². The number of fused-ring (bicyclic) bond motifs is 1. The second kappa shape index (κ2) is 8.54. The molecular weight excluding hydrogens is 386 g/mol. The van der Waals surface area contributed by atoms with Gasteiger partial charge in [0.25, 0.3) is 5.56 Å². The van der Waals surface area contributed by atoms with Crippen molar-refractivity contribution in [2.45, 2.75) is 25.5 Å². The lowest BCUT2D eigenvalue weighted by molar-refractivity contribution is -0.122. The highest BCUT2D eigenvalue weighted by molar-refractivity contribution is 5.81. The molecule has 1 atom stereocenters. The average molecular weight is 409 g/mol. The minimum absolute atomic E-state index is 0.00988. The summed E-state index contributed by atoms with van der Waals surface area (Å²) in [6.45, 7) is 0.920. The van der Waals surface area contributed by atoms with Gasteiger partial charge in [0.2, 0.25) is 5.91 Å². The first-order valence-electron chi connectivity index (χ1n) is 9.86. The molecule has 1 aliphatic heterocycles. The SMILES string of the molecule is COc1ccc(-n2c(=O)c3ccccc3n(CC(=O)NC[C@H]3CCCO3)c2=O)cc1. The van der Waals surface area contributed by atoms with Crippen LogP contribution in [-0.2, 0) is 16.1 Å². The maximum Gasteiger partial charge on any atom is 0.336 e. The van der Waals surface area contributed by atoms with E-state index in [0.29, 0.717) is 35.5 Å². The Morgan fingerprint density at radius 2 is 1.93 bits per heavy atom. The van der Waals surface area contributed by atoms with E-state index in [-0.39, 0.29) is 18.6 Å². The maximum atomic E-state index is 13.2. The van der Waals surface area contributed by atoms with Crippen LogP contribution in [0.25, 0.3) is 16.6 Å². The van der Waals surface area contributed by atoms with Crippen molar-refractivity contribution in [1.82, 2.24) is 14.5 Å². The van der Waals surface area contributed by atoms with Gasteiger partial charge in [-0.2, -0.15) is 0 Å². The highest BCUT2D eigenvalue weighted by Crippen LogP contribution is 2.15. The van der Waals surface area contributed by atoms with Gasteiger partial charge in [-0.05, 0) is 49.2 Å². The molecule has 2 heterocycles. The van der Waals surface area contributed by atoms with Crippen molar-refractivity contribution in [2.75, 3.05) is 20.3 Å². The van der Waals surface area contributed by atoms with Gasteiger partial charge in [-0.3, -0.25) is 14.2 Å². The van der Waals surface area contributed by atoms with E-state index < -0.39 is 11.2 Å². The number of nitrogens with one attached hydrogen (secondary N) is 1. The lowest BCUT2D eigenvalue weighted by Crippen LogP contribution is -2.42. The number of para-hydroxylation sites is 1. The number of hydrogen-bond donors (Lipinski definition) is 1. The van der Waals surface area contributed by atoms with E-state index in [4.69, 9.17) is 9.47 Å². The molecule has 8 heteroatoms. The fourth-order valence-corrected chi connectivity index (χ4v) is 3.67. The Morgan fingerprint density at radius 3 is 2.63 bits per heavy atom. The van der Waals surface area contributed by atoms with Crippen LogP contribution in [-0.4, -0.2) is 41.4 Å². The summed E-state index contributed by atoms with van der Waals surface area (Å²) in [6, 6.07) is 13.4. The van der Waals surface area contributed by atoms with E-state index in [1.54, 1.807) is 55.6 Å². The maximum absolute atomic E-state index is 13.2. The number of methoxy groups -OCH3 is 1. The van der Waals surface area contributed by atoms with Crippen molar-refractivity contribution in [1.29, 1.82) is 0 Å². The van der Waals surface area contributed by atoms with E-state index in [0.717, 1.165) is 17.4 Å². The van der Waals surface area contributed by atoms with Crippen molar-refractivity contribution in [3.63, 3.8) is 0 Å². The predicted octanol–water partition coefficient (Wildman–Crippen LogP) is 1.46. The number of aromatic nitrogens is 2. The molecule has 1 fully saturated rings. The normalized spacial score (nSPS) is 16.0. The molecule has 1 aromatic heterocycles. The van der Waals surface area contributed by atoms with Crippen LogP contribution >= 0.6 is 0 Å². The summed E-state index contributed by atoms with van der Waals surface area (Å²) in [7, 11) is 1.54. The third kappa shape index (κ3) is 3.86. The molecule has 0 bridgehead atoms. The van der Waals surface area contributed by atoms with Crippen LogP contribution in [0.15, 0.2) is 58.1 Å². The number of benzene rings is 2. The van der Waals surface area contributed by atoms with E-state index in [1.807, 2.05) is 0 Å². The fourth-order valence-electron chi connectivity index (χ4n) is 3.67. The molecule has 1 N–H and O–H groups in total.